The third-order valence-electron chi connectivity index (χ3n) is 2.32. The molecule has 0 aromatic rings. The molecule has 3 nitrogen and oxygen atoms in total. The van der Waals surface area contributed by atoms with E-state index in [1.165, 1.54) is 0 Å². The van der Waals surface area contributed by atoms with Gasteiger partial charge in [-0.15, -0.1) is 0 Å². The van der Waals surface area contributed by atoms with Gasteiger partial charge in [0, 0.05) is 18.3 Å². The summed E-state index contributed by atoms with van der Waals surface area (Å²) in [4.78, 5) is 11.7. The van der Waals surface area contributed by atoms with Gasteiger partial charge in [0.2, 0.25) is 5.91 Å². The molecule has 14 heavy (non-hydrogen) atoms. The van der Waals surface area contributed by atoms with Gasteiger partial charge in [0.15, 0.2) is 0 Å². The van der Waals surface area contributed by atoms with Gasteiger partial charge in [0.05, 0.1) is 5.41 Å². The standard InChI is InChI=1S/C10H22N2OS/c1-5-8(6-14-4)12-9(13)10(2,3)7-11/h8H,5-7,11H2,1-4H3,(H,12,13). The highest BCUT2D eigenvalue weighted by Crippen LogP contribution is 2.13. The molecule has 1 amide bonds. The Labute approximate surface area is 91.2 Å². The summed E-state index contributed by atoms with van der Waals surface area (Å²) in [7, 11) is 0. The number of carbonyl (C=O) groups is 1. The van der Waals surface area contributed by atoms with E-state index in [0.717, 1.165) is 12.2 Å². The fraction of sp³-hybridized carbons (Fsp3) is 0.900. The van der Waals surface area contributed by atoms with Gasteiger partial charge < -0.3 is 11.1 Å². The summed E-state index contributed by atoms with van der Waals surface area (Å²) in [6.45, 7) is 6.20. The van der Waals surface area contributed by atoms with Crippen LogP contribution in [0.2, 0.25) is 0 Å². The minimum Gasteiger partial charge on any atom is -0.352 e. The maximum Gasteiger partial charge on any atom is 0.227 e. The van der Waals surface area contributed by atoms with E-state index in [1.807, 2.05) is 20.1 Å². The average molecular weight is 218 g/mol. The summed E-state index contributed by atoms with van der Waals surface area (Å²) in [5, 5.41) is 3.02. The molecule has 0 spiro atoms. The highest BCUT2D eigenvalue weighted by atomic mass is 32.2. The molecule has 1 unspecified atom stereocenters. The quantitative estimate of drug-likeness (QED) is 0.705. The molecule has 0 aliphatic carbocycles. The minimum atomic E-state index is -0.453. The van der Waals surface area contributed by atoms with Crippen molar-refractivity contribution in [2.45, 2.75) is 33.2 Å². The lowest BCUT2D eigenvalue weighted by Gasteiger charge is -2.25. The highest BCUT2D eigenvalue weighted by molar-refractivity contribution is 7.98. The zero-order valence-corrected chi connectivity index (χ0v) is 10.4. The van der Waals surface area contributed by atoms with Crippen LogP contribution in [0.4, 0.5) is 0 Å². The van der Waals surface area contributed by atoms with Crippen molar-refractivity contribution in [1.82, 2.24) is 5.32 Å². The fourth-order valence-electron chi connectivity index (χ4n) is 0.936. The summed E-state index contributed by atoms with van der Waals surface area (Å²) in [6, 6.07) is 0.267. The normalized spacial score (nSPS) is 13.8. The lowest BCUT2D eigenvalue weighted by molar-refractivity contribution is -0.129. The SMILES string of the molecule is CCC(CSC)NC(=O)C(C)(C)CN. The van der Waals surface area contributed by atoms with Crippen LogP contribution in [0.3, 0.4) is 0 Å². The van der Waals surface area contributed by atoms with Crippen molar-refractivity contribution >= 4 is 17.7 Å². The van der Waals surface area contributed by atoms with Crippen molar-refractivity contribution in [3.8, 4) is 0 Å². The molecule has 0 fully saturated rings. The number of nitrogens with two attached hydrogens (primary N) is 1. The van der Waals surface area contributed by atoms with E-state index in [4.69, 9.17) is 5.73 Å². The molecule has 1 atom stereocenters. The molecule has 0 saturated heterocycles. The van der Waals surface area contributed by atoms with Gasteiger partial charge in [-0.05, 0) is 26.5 Å². The first-order chi connectivity index (χ1) is 6.47. The van der Waals surface area contributed by atoms with E-state index in [-0.39, 0.29) is 11.9 Å². The van der Waals surface area contributed by atoms with E-state index in [9.17, 15) is 4.79 Å². The van der Waals surface area contributed by atoms with Gasteiger partial charge in [0.1, 0.15) is 0 Å². The van der Waals surface area contributed by atoms with Crippen molar-refractivity contribution < 1.29 is 4.79 Å². The summed E-state index contributed by atoms with van der Waals surface area (Å²) < 4.78 is 0. The Kier molecular flexibility index (Phi) is 6.20. The number of rotatable bonds is 6. The summed E-state index contributed by atoms with van der Waals surface area (Å²) >= 11 is 1.75. The number of hydrogen-bond acceptors (Lipinski definition) is 3. The molecule has 0 aromatic heterocycles. The number of carbonyl (C=O) groups excluding carboxylic acids is 1. The van der Waals surface area contributed by atoms with Gasteiger partial charge >= 0.3 is 0 Å². The van der Waals surface area contributed by atoms with Gasteiger partial charge in [-0.2, -0.15) is 11.8 Å². The Morgan fingerprint density at radius 2 is 2.14 bits per heavy atom. The molecule has 0 radical (unpaired) electrons. The molecule has 4 heteroatoms. The van der Waals surface area contributed by atoms with Crippen LogP contribution in [0, 0.1) is 5.41 Å². The van der Waals surface area contributed by atoms with Crippen molar-refractivity contribution in [2.75, 3.05) is 18.6 Å². The average Bonchev–Trinajstić information content (AvgIpc) is 2.16. The number of nitrogens with one attached hydrogen (secondary N) is 1. The van der Waals surface area contributed by atoms with E-state index < -0.39 is 5.41 Å². The molecule has 3 N–H and O–H groups in total. The summed E-state index contributed by atoms with van der Waals surface area (Å²) in [5.74, 6) is 1.02. The van der Waals surface area contributed by atoms with E-state index in [1.54, 1.807) is 11.8 Å². The second-order valence-electron chi connectivity index (χ2n) is 4.12. The molecular formula is C10H22N2OS. The van der Waals surface area contributed by atoms with Crippen LogP contribution >= 0.6 is 11.8 Å². The molecule has 0 rings (SSSR count). The number of hydrogen-bond donors (Lipinski definition) is 2. The highest BCUT2D eigenvalue weighted by Gasteiger charge is 2.26. The second-order valence-corrected chi connectivity index (χ2v) is 5.03. The predicted octanol–water partition coefficient (Wildman–Crippen LogP) is 1.23. The lowest BCUT2D eigenvalue weighted by atomic mass is 9.92. The monoisotopic (exact) mass is 218 g/mol. The zero-order valence-electron chi connectivity index (χ0n) is 9.59. The first-order valence-corrected chi connectivity index (χ1v) is 6.37. The van der Waals surface area contributed by atoms with Crippen LogP contribution < -0.4 is 11.1 Å². The van der Waals surface area contributed by atoms with Gasteiger partial charge in [0.25, 0.3) is 0 Å². The Hall–Kier alpha value is -0.220. The maximum absolute atomic E-state index is 11.7. The number of thioether (sulfide) groups is 1. The first-order valence-electron chi connectivity index (χ1n) is 4.98. The first kappa shape index (κ1) is 13.8. The molecule has 0 bridgehead atoms. The van der Waals surface area contributed by atoms with E-state index in [2.05, 4.69) is 12.2 Å². The fourth-order valence-corrected chi connectivity index (χ4v) is 1.66. The van der Waals surface area contributed by atoms with Crippen LogP contribution in [0.15, 0.2) is 0 Å². The molecule has 84 valence electrons. The predicted molar refractivity (Wildman–Crippen MR) is 63.4 cm³/mol. The molecule has 0 aliphatic heterocycles. The Balaban J connectivity index is 4.15. The molecule has 0 heterocycles. The number of amides is 1. The smallest absolute Gasteiger partial charge is 0.227 e. The van der Waals surface area contributed by atoms with Crippen LogP contribution in [0.1, 0.15) is 27.2 Å². The third kappa shape index (κ3) is 4.33. The van der Waals surface area contributed by atoms with E-state index in [0.29, 0.717) is 6.54 Å². The van der Waals surface area contributed by atoms with Crippen LogP contribution in [-0.2, 0) is 4.79 Å². The maximum atomic E-state index is 11.7. The molecular weight excluding hydrogens is 196 g/mol. The molecule has 0 aliphatic rings. The van der Waals surface area contributed by atoms with Crippen molar-refractivity contribution in [3.05, 3.63) is 0 Å². The minimum absolute atomic E-state index is 0.0564. The van der Waals surface area contributed by atoms with E-state index >= 15 is 0 Å². The van der Waals surface area contributed by atoms with Crippen LogP contribution in [0.5, 0.6) is 0 Å². The van der Waals surface area contributed by atoms with Crippen molar-refractivity contribution in [3.63, 3.8) is 0 Å². The van der Waals surface area contributed by atoms with Crippen LogP contribution in [-0.4, -0.2) is 30.5 Å². The largest absolute Gasteiger partial charge is 0.352 e. The van der Waals surface area contributed by atoms with Gasteiger partial charge in [-0.25, -0.2) is 0 Å². The molecule has 0 saturated carbocycles. The summed E-state index contributed by atoms with van der Waals surface area (Å²) in [5.41, 5.74) is 5.08. The third-order valence-corrected chi connectivity index (χ3v) is 3.06. The van der Waals surface area contributed by atoms with Gasteiger partial charge in [-0.1, -0.05) is 6.92 Å². The lowest BCUT2D eigenvalue weighted by Crippen LogP contribution is -2.46. The Bertz CT molecular complexity index is 183. The van der Waals surface area contributed by atoms with Gasteiger partial charge in [-0.3, -0.25) is 4.79 Å². The van der Waals surface area contributed by atoms with Crippen LogP contribution in [0.25, 0.3) is 0 Å². The zero-order chi connectivity index (χ0) is 11.2. The summed E-state index contributed by atoms with van der Waals surface area (Å²) in [6.07, 6.45) is 3.01. The topological polar surface area (TPSA) is 55.1 Å². The molecule has 0 aromatic carbocycles. The Morgan fingerprint density at radius 1 is 1.57 bits per heavy atom. The van der Waals surface area contributed by atoms with Crippen molar-refractivity contribution in [2.24, 2.45) is 11.1 Å². The van der Waals surface area contributed by atoms with Crippen molar-refractivity contribution in [1.29, 1.82) is 0 Å². The second kappa shape index (κ2) is 6.30. The Morgan fingerprint density at radius 3 is 2.50 bits per heavy atom.